The monoisotopic (exact) mass is 384 g/mol. The molecule has 25 heavy (non-hydrogen) atoms. The lowest BCUT2D eigenvalue weighted by Crippen LogP contribution is -2.33. The normalized spacial score (nSPS) is 33.5. The lowest BCUT2D eigenvalue weighted by atomic mass is 9.80. The molecule has 0 bridgehead atoms. The molecule has 1 saturated heterocycles. The van der Waals surface area contributed by atoms with Crippen LogP contribution >= 0.6 is 23.5 Å². The van der Waals surface area contributed by atoms with Crippen molar-refractivity contribution in [2.45, 2.75) is 115 Å². The molecule has 0 atom stereocenters. The predicted molar refractivity (Wildman–Crippen MR) is 120 cm³/mol. The van der Waals surface area contributed by atoms with E-state index in [1.165, 1.54) is 101 Å². The summed E-state index contributed by atoms with van der Waals surface area (Å²) in [5.41, 5.74) is 0.621. The Hall–Kier alpha value is 0.700. The Morgan fingerprint density at radius 1 is 0.760 bits per heavy atom. The Bertz CT molecular complexity index is 325. The molecule has 0 N–H and O–H groups in total. The van der Waals surface area contributed by atoms with Gasteiger partial charge in [-0.25, -0.2) is 0 Å². The second kappa shape index (κ2) is 12.2. The highest BCUT2D eigenvalue weighted by Gasteiger charge is 2.36. The molecule has 1 aliphatic heterocycles. The summed E-state index contributed by atoms with van der Waals surface area (Å²) in [5, 5.41) is 0. The van der Waals surface area contributed by atoms with Crippen molar-refractivity contribution >= 4 is 23.5 Å². The van der Waals surface area contributed by atoms with Gasteiger partial charge in [-0.1, -0.05) is 91.4 Å². The third-order valence-electron chi connectivity index (χ3n) is 6.57. The SMILES string of the molecule is CCCCCCC1CCC([C@H]2SC[C@](C)(CCCCCC)CS2)CC1. The minimum atomic E-state index is 0.621. The molecule has 0 unspecified atom stereocenters. The highest BCUT2D eigenvalue weighted by Crippen LogP contribution is 2.49. The number of hydrogen-bond acceptors (Lipinski definition) is 2. The van der Waals surface area contributed by atoms with E-state index in [4.69, 9.17) is 0 Å². The molecular weight excluding hydrogens is 340 g/mol. The van der Waals surface area contributed by atoms with Crippen LogP contribution in [0.15, 0.2) is 0 Å². The van der Waals surface area contributed by atoms with Crippen LogP contribution in [0.3, 0.4) is 0 Å². The van der Waals surface area contributed by atoms with Crippen molar-refractivity contribution in [2.24, 2.45) is 17.3 Å². The van der Waals surface area contributed by atoms with Crippen LogP contribution in [0.4, 0.5) is 0 Å². The lowest BCUT2D eigenvalue weighted by molar-refractivity contribution is 0.268. The maximum Gasteiger partial charge on any atom is 0.0531 e. The van der Waals surface area contributed by atoms with Gasteiger partial charge in [0.25, 0.3) is 0 Å². The molecular formula is C23H44S2. The van der Waals surface area contributed by atoms with Crippen LogP contribution in [-0.2, 0) is 0 Å². The maximum atomic E-state index is 2.56. The van der Waals surface area contributed by atoms with Gasteiger partial charge in [0, 0.05) is 11.5 Å². The van der Waals surface area contributed by atoms with Gasteiger partial charge in [-0.15, -0.1) is 23.5 Å². The Labute approximate surface area is 167 Å². The predicted octanol–water partition coefficient (Wildman–Crippen LogP) is 8.55. The van der Waals surface area contributed by atoms with Gasteiger partial charge in [0.05, 0.1) is 4.58 Å². The van der Waals surface area contributed by atoms with E-state index in [2.05, 4.69) is 44.3 Å². The van der Waals surface area contributed by atoms with Gasteiger partial charge in [0.1, 0.15) is 0 Å². The van der Waals surface area contributed by atoms with Gasteiger partial charge in [-0.3, -0.25) is 0 Å². The molecule has 2 fully saturated rings. The van der Waals surface area contributed by atoms with Crippen molar-refractivity contribution < 1.29 is 0 Å². The molecule has 1 heterocycles. The summed E-state index contributed by atoms with van der Waals surface area (Å²) in [6.07, 6.45) is 20.6. The summed E-state index contributed by atoms with van der Waals surface area (Å²) in [5.74, 6) is 4.93. The van der Waals surface area contributed by atoms with Gasteiger partial charge in [-0.2, -0.15) is 0 Å². The molecule has 2 aliphatic rings. The van der Waals surface area contributed by atoms with E-state index >= 15 is 0 Å². The number of unbranched alkanes of at least 4 members (excludes halogenated alkanes) is 6. The Morgan fingerprint density at radius 3 is 1.96 bits per heavy atom. The van der Waals surface area contributed by atoms with Crippen molar-refractivity contribution in [2.75, 3.05) is 11.5 Å². The third-order valence-corrected chi connectivity index (χ3v) is 10.5. The highest BCUT2D eigenvalue weighted by atomic mass is 32.2. The molecule has 1 aliphatic carbocycles. The quantitative estimate of drug-likeness (QED) is 0.327. The molecule has 0 aromatic heterocycles. The summed E-state index contributed by atoms with van der Waals surface area (Å²) in [6, 6.07) is 0. The van der Waals surface area contributed by atoms with E-state index in [0.29, 0.717) is 5.41 Å². The zero-order valence-electron chi connectivity index (χ0n) is 17.4. The van der Waals surface area contributed by atoms with Crippen molar-refractivity contribution in [3.63, 3.8) is 0 Å². The zero-order valence-corrected chi connectivity index (χ0v) is 19.0. The number of rotatable bonds is 11. The smallest absolute Gasteiger partial charge is 0.0531 e. The Kier molecular flexibility index (Phi) is 10.7. The van der Waals surface area contributed by atoms with Crippen LogP contribution in [0, 0.1) is 17.3 Å². The van der Waals surface area contributed by atoms with E-state index < -0.39 is 0 Å². The fraction of sp³-hybridized carbons (Fsp3) is 1.00. The van der Waals surface area contributed by atoms with Crippen molar-refractivity contribution in [1.82, 2.24) is 0 Å². The number of hydrogen-bond donors (Lipinski definition) is 0. The standard InChI is InChI=1S/C23H44S2/c1-4-6-8-10-12-20-13-15-21(16-14-20)22-24-18-23(3,19-25-22)17-11-9-7-5-2/h20-22H,4-19H2,1-3H3/t20?,21?,22-,23-. The zero-order chi connectivity index (χ0) is 18.0. The van der Waals surface area contributed by atoms with Gasteiger partial charge < -0.3 is 0 Å². The molecule has 148 valence electrons. The van der Waals surface area contributed by atoms with E-state index in [-0.39, 0.29) is 0 Å². The maximum absolute atomic E-state index is 2.56. The second-order valence-electron chi connectivity index (χ2n) is 9.24. The summed E-state index contributed by atoms with van der Waals surface area (Å²) < 4.78 is 0.921. The first-order valence-electron chi connectivity index (χ1n) is 11.4. The Balaban J connectivity index is 1.60. The molecule has 0 aromatic rings. The molecule has 2 rings (SSSR count). The van der Waals surface area contributed by atoms with Gasteiger partial charge >= 0.3 is 0 Å². The number of thioether (sulfide) groups is 2. The third kappa shape index (κ3) is 8.08. The summed E-state index contributed by atoms with van der Waals surface area (Å²) in [7, 11) is 0. The van der Waals surface area contributed by atoms with Crippen molar-refractivity contribution in [3.05, 3.63) is 0 Å². The topological polar surface area (TPSA) is 0 Å². The molecule has 1 saturated carbocycles. The van der Waals surface area contributed by atoms with E-state index in [1.807, 2.05) is 0 Å². The van der Waals surface area contributed by atoms with Gasteiger partial charge in [0.2, 0.25) is 0 Å². The van der Waals surface area contributed by atoms with Crippen LogP contribution in [0.25, 0.3) is 0 Å². The summed E-state index contributed by atoms with van der Waals surface area (Å²) in [4.78, 5) is 0. The minimum Gasteiger partial charge on any atom is -0.147 e. The molecule has 0 radical (unpaired) electrons. The first-order valence-corrected chi connectivity index (χ1v) is 13.5. The molecule has 0 nitrogen and oxygen atoms in total. The van der Waals surface area contributed by atoms with Crippen molar-refractivity contribution in [1.29, 1.82) is 0 Å². The molecule has 0 aromatic carbocycles. The Morgan fingerprint density at radius 2 is 1.36 bits per heavy atom. The minimum absolute atomic E-state index is 0.621. The average Bonchev–Trinajstić information content (AvgIpc) is 2.64. The van der Waals surface area contributed by atoms with Crippen LogP contribution in [-0.4, -0.2) is 16.1 Å². The van der Waals surface area contributed by atoms with E-state index in [9.17, 15) is 0 Å². The summed E-state index contributed by atoms with van der Waals surface area (Å²) in [6.45, 7) is 7.20. The molecule has 2 heteroatoms. The fourth-order valence-electron chi connectivity index (χ4n) is 4.66. The van der Waals surface area contributed by atoms with Crippen LogP contribution < -0.4 is 0 Å². The van der Waals surface area contributed by atoms with Gasteiger partial charge in [0.15, 0.2) is 0 Å². The fourth-order valence-corrected chi connectivity index (χ4v) is 8.30. The largest absolute Gasteiger partial charge is 0.147 e. The lowest BCUT2D eigenvalue weighted by Gasteiger charge is -2.41. The van der Waals surface area contributed by atoms with Gasteiger partial charge in [-0.05, 0) is 36.5 Å². The van der Waals surface area contributed by atoms with E-state index in [1.54, 1.807) is 0 Å². The van der Waals surface area contributed by atoms with Crippen molar-refractivity contribution in [3.8, 4) is 0 Å². The summed E-state index contributed by atoms with van der Waals surface area (Å²) >= 11 is 4.66. The van der Waals surface area contributed by atoms with Crippen LogP contribution in [0.5, 0.6) is 0 Å². The average molecular weight is 385 g/mol. The molecule has 0 amide bonds. The first kappa shape index (κ1) is 22.0. The molecule has 0 spiro atoms. The first-order chi connectivity index (χ1) is 12.2. The second-order valence-corrected chi connectivity index (χ2v) is 11.8. The van der Waals surface area contributed by atoms with E-state index in [0.717, 1.165) is 16.4 Å². The van der Waals surface area contributed by atoms with Crippen LogP contribution in [0.2, 0.25) is 0 Å². The highest BCUT2D eigenvalue weighted by molar-refractivity contribution is 8.17. The van der Waals surface area contributed by atoms with Crippen LogP contribution in [0.1, 0.15) is 111 Å².